The first-order valence-electron chi connectivity index (χ1n) is 6.53. The number of benzene rings is 1. The molecule has 0 aliphatic heterocycles. The van der Waals surface area contributed by atoms with Gasteiger partial charge in [0, 0.05) is 10.6 Å². The molecule has 0 atom stereocenters. The summed E-state index contributed by atoms with van der Waals surface area (Å²) < 4.78 is 0. The Hall–Kier alpha value is -0.510. The van der Waals surface area contributed by atoms with Crippen LogP contribution in [-0.4, -0.2) is 10.7 Å². The average molecular weight is 333 g/mol. The molecule has 0 heterocycles. The molecule has 2 nitrogen and oxygen atoms in total. The van der Waals surface area contributed by atoms with Crippen molar-refractivity contribution in [3.05, 3.63) is 28.2 Å². The highest BCUT2D eigenvalue weighted by Crippen LogP contribution is 2.28. The molecule has 0 aliphatic rings. The smallest absolute Gasteiger partial charge is 0.171 e. The second-order valence-electron chi connectivity index (χ2n) is 6.82. The Morgan fingerprint density at radius 2 is 1.75 bits per heavy atom. The molecule has 0 saturated carbocycles. The third-order valence-electron chi connectivity index (χ3n) is 2.60. The van der Waals surface area contributed by atoms with Crippen LogP contribution in [-0.2, 0) is 0 Å². The van der Waals surface area contributed by atoms with E-state index in [0.717, 1.165) is 6.42 Å². The van der Waals surface area contributed by atoms with Gasteiger partial charge in [-0.05, 0) is 56.1 Å². The van der Waals surface area contributed by atoms with Crippen LogP contribution in [0.1, 0.15) is 41.0 Å². The Labute approximate surface area is 137 Å². The van der Waals surface area contributed by atoms with E-state index in [4.69, 9.17) is 35.4 Å². The summed E-state index contributed by atoms with van der Waals surface area (Å²) in [6, 6.07) is 5.25. The van der Waals surface area contributed by atoms with E-state index in [0.29, 0.717) is 20.8 Å². The molecule has 0 aliphatic carbocycles. The fourth-order valence-electron chi connectivity index (χ4n) is 2.42. The van der Waals surface area contributed by atoms with Gasteiger partial charge >= 0.3 is 0 Å². The van der Waals surface area contributed by atoms with Gasteiger partial charge in [0.1, 0.15) is 0 Å². The van der Waals surface area contributed by atoms with Crippen LogP contribution in [0, 0.1) is 5.41 Å². The SMILES string of the molecule is CC(C)(C)CC(C)(C)NC(=S)Nc1cc(Cl)ccc1Cl. The maximum Gasteiger partial charge on any atom is 0.171 e. The van der Waals surface area contributed by atoms with Crippen molar-refractivity contribution in [3.8, 4) is 0 Å². The zero-order valence-corrected chi connectivity index (χ0v) is 14.9. The van der Waals surface area contributed by atoms with Crippen LogP contribution >= 0.6 is 35.4 Å². The van der Waals surface area contributed by atoms with Crippen molar-refractivity contribution in [2.75, 3.05) is 5.32 Å². The Bertz CT molecular complexity index is 493. The molecule has 0 aromatic heterocycles. The van der Waals surface area contributed by atoms with Gasteiger partial charge in [-0.1, -0.05) is 44.0 Å². The lowest BCUT2D eigenvalue weighted by atomic mass is 9.82. The topological polar surface area (TPSA) is 24.1 Å². The van der Waals surface area contributed by atoms with E-state index < -0.39 is 0 Å². The molecule has 0 unspecified atom stereocenters. The van der Waals surface area contributed by atoms with E-state index in [1.165, 1.54) is 0 Å². The molecule has 20 heavy (non-hydrogen) atoms. The van der Waals surface area contributed by atoms with E-state index in [1.54, 1.807) is 18.2 Å². The second-order valence-corrected chi connectivity index (χ2v) is 8.08. The molecule has 1 aromatic carbocycles. The largest absolute Gasteiger partial charge is 0.358 e. The number of nitrogens with one attached hydrogen (secondary N) is 2. The van der Waals surface area contributed by atoms with Crippen LogP contribution in [0.25, 0.3) is 0 Å². The summed E-state index contributed by atoms with van der Waals surface area (Å²) in [5, 5.41) is 8.18. The molecule has 5 heteroatoms. The number of rotatable bonds is 3. The lowest BCUT2D eigenvalue weighted by molar-refractivity contribution is 0.268. The zero-order valence-electron chi connectivity index (χ0n) is 12.6. The Kier molecular flexibility index (Phi) is 5.70. The fourth-order valence-corrected chi connectivity index (χ4v) is 3.15. The van der Waals surface area contributed by atoms with Crippen molar-refractivity contribution in [1.82, 2.24) is 5.32 Å². The predicted octanol–water partition coefficient (Wildman–Crippen LogP) is 5.49. The van der Waals surface area contributed by atoms with Crippen molar-refractivity contribution in [3.63, 3.8) is 0 Å². The monoisotopic (exact) mass is 332 g/mol. The van der Waals surface area contributed by atoms with Crippen LogP contribution in [0.2, 0.25) is 10.0 Å². The molecule has 0 fully saturated rings. The standard InChI is InChI=1S/C15H22Cl2N2S/c1-14(2,3)9-15(4,5)19-13(20)18-12-8-10(16)6-7-11(12)17/h6-8H,9H2,1-5H3,(H2,18,19,20). The quantitative estimate of drug-likeness (QED) is 0.715. The molecule has 0 saturated heterocycles. The highest BCUT2D eigenvalue weighted by Gasteiger charge is 2.26. The predicted molar refractivity (Wildman–Crippen MR) is 94.0 cm³/mol. The Morgan fingerprint density at radius 1 is 1.15 bits per heavy atom. The van der Waals surface area contributed by atoms with Crippen LogP contribution < -0.4 is 10.6 Å². The molecule has 1 rings (SSSR count). The zero-order chi connectivity index (χ0) is 15.6. The first-order valence-corrected chi connectivity index (χ1v) is 7.69. The molecule has 0 amide bonds. The van der Waals surface area contributed by atoms with E-state index >= 15 is 0 Å². The number of halogens is 2. The summed E-state index contributed by atoms with van der Waals surface area (Å²) in [6.45, 7) is 10.9. The summed E-state index contributed by atoms with van der Waals surface area (Å²) in [6.07, 6.45) is 0.991. The maximum absolute atomic E-state index is 6.11. The van der Waals surface area contributed by atoms with Gasteiger partial charge in [0.15, 0.2) is 5.11 Å². The summed E-state index contributed by atoms with van der Waals surface area (Å²) >= 11 is 17.4. The first-order chi connectivity index (χ1) is 8.98. The molecule has 0 spiro atoms. The summed E-state index contributed by atoms with van der Waals surface area (Å²) in [4.78, 5) is 0. The average Bonchev–Trinajstić information content (AvgIpc) is 2.18. The normalized spacial score (nSPS) is 12.2. The molecular formula is C15H22Cl2N2S. The van der Waals surface area contributed by atoms with Crippen molar-refractivity contribution in [2.45, 2.75) is 46.6 Å². The minimum absolute atomic E-state index is 0.104. The Morgan fingerprint density at radius 3 is 2.30 bits per heavy atom. The fraction of sp³-hybridized carbons (Fsp3) is 0.533. The van der Waals surface area contributed by atoms with Crippen molar-refractivity contribution in [2.24, 2.45) is 5.41 Å². The van der Waals surface area contributed by atoms with Crippen LogP contribution in [0.5, 0.6) is 0 Å². The minimum Gasteiger partial charge on any atom is -0.358 e. The molecule has 0 bridgehead atoms. The molecule has 0 radical (unpaired) electrons. The second kappa shape index (κ2) is 6.50. The van der Waals surface area contributed by atoms with E-state index in [2.05, 4.69) is 45.3 Å². The highest BCUT2D eigenvalue weighted by molar-refractivity contribution is 7.80. The molecular weight excluding hydrogens is 311 g/mol. The lowest BCUT2D eigenvalue weighted by Gasteiger charge is -2.34. The molecule has 2 N–H and O–H groups in total. The molecule has 112 valence electrons. The van der Waals surface area contributed by atoms with Gasteiger partial charge in [0.25, 0.3) is 0 Å². The number of hydrogen-bond acceptors (Lipinski definition) is 1. The van der Waals surface area contributed by atoms with Crippen LogP contribution in [0.15, 0.2) is 18.2 Å². The number of hydrogen-bond donors (Lipinski definition) is 2. The van der Waals surface area contributed by atoms with Gasteiger partial charge in [-0.2, -0.15) is 0 Å². The third-order valence-corrected chi connectivity index (χ3v) is 3.37. The maximum atomic E-state index is 6.11. The van der Waals surface area contributed by atoms with Gasteiger partial charge in [-0.25, -0.2) is 0 Å². The lowest BCUT2D eigenvalue weighted by Crippen LogP contribution is -2.47. The van der Waals surface area contributed by atoms with Crippen molar-refractivity contribution >= 4 is 46.2 Å². The Balaban J connectivity index is 2.70. The number of anilines is 1. The highest BCUT2D eigenvalue weighted by atomic mass is 35.5. The van der Waals surface area contributed by atoms with E-state index in [9.17, 15) is 0 Å². The van der Waals surface area contributed by atoms with Gasteiger partial charge < -0.3 is 10.6 Å². The van der Waals surface area contributed by atoms with Crippen molar-refractivity contribution < 1.29 is 0 Å². The van der Waals surface area contributed by atoms with Crippen molar-refractivity contribution in [1.29, 1.82) is 0 Å². The third kappa shape index (κ3) is 6.29. The van der Waals surface area contributed by atoms with Gasteiger partial charge in [0.2, 0.25) is 0 Å². The summed E-state index contributed by atoms with van der Waals surface area (Å²) in [5.74, 6) is 0. The minimum atomic E-state index is -0.104. The van der Waals surface area contributed by atoms with E-state index in [1.807, 2.05) is 0 Å². The van der Waals surface area contributed by atoms with Crippen LogP contribution in [0.4, 0.5) is 5.69 Å². The number of thiocarbonyl (C=S) groups is 1. The summed E-state index contributed by atoms with van der Waals surface area (Å²) in [7, 11) is 0. The van der Waals surface area contributed by atoms with Gasteiger partial charge in [0.05, 0.1) is 10.7 Å². The summed E-state index contributed by atoms with van der Waals surface area (Å²) in [5.41, 5.74) is 0.830. The van der Waals surface area contributed by atoms with Gasteiger partial charge in [-0.15, -0.1) is 0 Å². The van der Waals surface area contributed by atoms with Gasteiger partial charge in [-0.3, -0.25) is 0 Å². The first kappa shape index (κ1) is 17.5. The molecule has 1 aromatic rings. The van der Waals surface area contributed by atoms with Crippen LogP contribution in [0.3, 0.4) is 0 Å². The van der Waals surface area contributed by atoms with E-state index in [-0.39, 0.29) is 11.0 Å².